The van der Waals surface area contributed by atoms with Crippen LogP contribution in [0.15, 0.2) is 59.6 Å². The lowest BCUT2D eigenvalue weighted by atomic mass is 10.00. The van der Waals surface area contributed by atoms with Crippen LogP contribution in [0, 0.1) is 0 Å². The number of rotatable bonds is 8. The molecule has 0 aliphatic carbocycles. The zero-order valence-electron chi connectivity index (χ0n) is 16.8. The molecule has 1 atom stereocenters. The molecule has 0 spiro atoms. The number of nitrogens with zero attached hydrogens (tertiary/aromatic N) is 2. The third-order valence-electron chi connectivity index (χ3n) is 5.00. The van der Waals surface area contributed by atoms with E-state index in [0.29, 0.717) is 30.8 Å². The Balaban J connectivity index is 1.98. The highest BCUT2D eigenvalue weighted by Gasteiger charge is 2.33. The molecule has 3 rings (SSSR count). The molecule has 2 aromatic carbocycles. The SMILES string of the molecule is O=C(CCCCN1C(=O)[C@H](CC(=O)NO)N=C(c2ccccc2)c2ccccc21)NO. The Bertz CT molecular complexity index is 977. The number of benzene rings is 2. The molecule has 2 aromatic rings. The van der Waals surface area contributed by atoms with Crippen molar-refractivity contribution in [1.29, 1.82) is 0 Å². The third-order valence-corrected chi connectivity index (χ3v) is 5.00. The van der Waals surface area contributed by atoms with Gasteiger partial charge >= 0.3 is 0 Å². The van der Waals surface area contributed by atoms with Crippen LogP contribution in [0.25, 0.3) is 0 Å². The summed E-state index contributed by atoms with van der Waals surface area (Å²) in [5.74, 6) is -1.57. The number of fused-ring (bicyclic) bond motifs is 1. The molecule has 1 aliphatic heterocycles. The topological polar surface area (TPSA) is 131 Å². The number of amides is 3. The lowest BCUT2D eigenvalue weighted by molar-refractivity contribution is -0.132. The van der Waals surface area contributed by atoms with Gasteiger partial charge in [-0.3, -0.25) is 29.8 Å². The van der Waals surface area contributed by atoms with Crippen LogP contribution in [0.2, 0.25) is 0 Å². The average Bonchev–Trinajstić information content (AvgIpc) is 2.92. The van der Waals surface area contributed by atoms with Gasteiger partial charge in [-0.1, -0.05) is 48.5 Å². The molecular weight excluding hydrogens is 400 g/mol. The van der Waals surface area contributed by atoms with E-state index in [1.54, 1.807) is 15.9 Å². The van der Waals surface area contributed by atoms with E-state index in [4.69, 9.17) is 10.4 Å². The number of benzodiazepines with no additional fused rings is 1. The van der Waals surface area contributed by atoms with Gasteiger partial charge < -0.3 is 4.90 Å². The largest absolute Gasteiger partial charge is 0.310 e. The Hall–Kier alpha value is -3.56. The lowest BCUT2D eigenvalue weighted by Crippen LogP contribution is -2.40. The molecular formula is C22H24N4O5. The van der Waals surface area contributed by atoms with Gasteiger partial charge in [0.2, 0.25) is 11.8 Å². The van der Waals surface area contributed by atoms with Crippen LogP contribution < -0.4 is 15.9 Å². The lowest BCUT2D eigenvalue weighted by Gasteiger charge is -2.25. The molecule has 4 N–H and O–H groups in total. The number of carbonyl (C=O) groups excluding carboxylic acids is 3. The summed E-state index contributed by atoms with van der Waals surface area (Å²) in [7, 11) is 0. The molecule has 0 aromatic heterocycles. The number of nitrogens with one attached hydrogen (secondary N) is 2. The zero-order chi connectivity index (χ0) is 22.2. The van der Waals surface area contributed by atoms with Gasteiger partial charge in [0.25, 0.3) is 5.91 Å². The quantitative estimate of drug-likeness (QED) is 0.292. The molecule has 31 heavy (non-hydrogen) atoms. The first-order valence-corrected chi connectivity index (χ1v) is 9.95. The number of hydroxylamine groups is 2. The fourth-order valence-corrected chi connectivity index (χ4v) is 3.51. The molecule has 1 aliphatic rings. The maximum atomic E-state index is 13.4. The van der Waals surface area contributed by atoms with Crippen molar-refractivity contribution in [2.75, 3.05) is 11.4 Å². The van der Waals surface area contributed by atoms with Crippen molar-refractivity contribution >= 4 is 29.1 Å². The average molecular weight is 424 g/mol. The van der Waals surface area contributed by atoms with Crippen LogP contribution in [0.1, 0.15) is 36.8 Å². The molecule has 9 heteroatoms. The van der Waals surface area contributed by atoms with Crippen LogP contribution in [0.3, 0.4) is 0 Å². The van der Waals surface area contributed by atoms with E-state index in [-0.39, 0.29) is 18.7 Å². The Morgan fingerprint density at radius 1 is 0.935 bits per heavy atom. The van der Waals surface area contributed by atoms with Gasteiger partial charge in [-0.25, -0.2) is 11.0 Å². The molecule has 0 bridgehead atoms. The molecule has 0 radical (unpaired) electrons. The number of unbranched alkanes of at least 4 members (excludes halogenated alkanes) is 1. The maximum Gasteiger partial charge on any atom is 0.252 e. The molecule has 0 saturated heterocycles. The van der Waals surface area contributed by atoms with Crippen LogP contribution in [-0.4, -0.2) is 46.4 Å². The fraction of sp³-hybridized carbons (Fsp3) is 0.273. The summed E-state index contributed by atoms with van der Waals surface area (Å²) in [6, 6.07) is 15.7. The van der Waals surface area contributed by atoms with Gasteiger partial charge in [0, 0.05) is 24.1 Å². The first-order valence-electron chi connectivity index (χ1n) is 9.95. The second-order valence-corrected chi connectivity index (χ2v) is 7.10. The monoisotopic (exact) mass is 424 g/mol. The Labute approximate surface area is 179 Å². The van der Waals surface area contributed by atoms with Gasteiger partial charge in [0.05, 0.1) is 17.8 Å². The number of anilines is 1. The number of carbonyl (C=O) groups is 3. The number of aliphatic imine (C=N–C) groups is 1. The summed E-state index contributed by atoms with van der Waals surface area (Å²) >= 11 is 0. The van der Waals surface area contributed by atoms with E-state index in [2.05, 4.69) is 4.99 Å². The molecule has 9 nitrogen and oxygen atoms in total. The predicted molar refractivity (Wildman–Crippen MR) is 113 cm³/mol. The minimum Gasteiger partial charge on any atom is -0.310 e. The molecule has 0 unspecified atom stereocenters. The van der Waals surface area contributed by atoms with E-state index in [1.165, 1.54) is 0 Å². The zero-order valence-corrected chi connectivity index (χ0v) is 16.8. The third kappa shape index (κ3) is 5.33. The van der Waals surface area contributed by atoms with Crippen molar-refractivity contribution in [2.45, 2.75) is 31.7 Å². The van der Waals surface area contributed by atoms with Crippen LogP contribution in [0.5, 0.6) is 0 Å². The van der Waals surface area contributed by atoms with Gasteiger partial charge in [-0.2, -0.15) is 0 Å². The molecule has 1 heterocycles. The first kappa shape index (κ1) is 22.1. The molecule has 0 saturated carbocycles. The highest BCUT2D eigenvalue weighted by atomic mass is 16.5. The Morgan fingerprint density at radius 2 is 1.61 bits per heavy atom. The van der Waals surface area contributed by atoms with Gasteiger partial charge in [-0.15, -0.1) is 0 Å². The van der Waals surface area contributed by atoms with Crippen molar-refractivity contribution in [2.24, 2.45) is 4.99 Å². The predicted octanol–water partition coefficient (Wildman–Crippen LogP) is 1.81. The summed E-state index contributed by atoms with van der Waals surface area (Å²) < 4.78 is 0. The van der Waals surface area contributed by atoms with E-state index >= 15 is 0 Å². The normalized spacial score (nSPS) is 15.5. The van der Waals surface area contributed by atoms with Crippen molar-refractivity contribution in [1.82, 2.24) is 11.0 Å². The second kappa shape index (κ2) is 10.5. The first-order chi connectivity index (χ1) is 15.0. The second-order valence-electron chi connectivity index (χ2n) is 7.10. The highest BCUT2D eigenvalue weighted by Crippen LogP contribution is 2.29. The summed E-state index contributed by atoms with van der Waals surface area (Å²) in [6.45, 7) is 0.309. The summed E-state index contributed by atoms with van der Waals surface area (Å²) in [5.41, 5.74) is 5.96. The number of para-hydroxylation sites is 1. The standard InChI is InChI=1S/C22H24N4O5/c27-19(24-30)12-6-7-13-26-18-11-5-4-10-16(18)21(15-8-2-1-3-9-15)23-17(22(26)29)14-20(28)25-31/h1-5,8-11,17,30-31H,6-7,12-14H2,(H,24,27)(H,25,28)/t17-/m0/s1. The van der Waals surface area contributed by atoms with Crippen LogP contribution in [0.4, 0.5) is 5.69 Å². The maximum absolute atomic E-state index is 13.4. The molecule has 0 fully saturated rings. The summed E-state index contributed by atoms with van der Waals surface area (Å²) in [5, 5.41) is 17.6. The fourth-order valence-electron chi connectivity index (χ4n) is 3.51. The highest BCUT2D eigenvalue weighted by molar-refractivity contribution is 6.20. The van der Waals surface area contributed by atoms with E-state index < -0.39 is 17.9 Å². The van der Waals surface area contributed by atoms with Crippen molar-refractivity contribution in [3.05, 3.63) is 65.7 Å². The summed E-state index contributed by atoms with van der Waals surface area (Å²) in [4.78, 5) is 42.7. The van der Waals surface area contributed by atoms with Gasteiger partial charge in [0.1, 0.15) is 6.04 Å². The van der Waals surface area contributed by atoms with Crippen LogP contribution in [-0.2, 0) is 14.4 Å². The molecule has 3 amide bonds. The van der Waals surface area contributed by atoms with E-state index in [0.717, 1.165) is 11.1 Å². The van der Waals surface area contributed by atoms with Gasteiger partial charge in [-0.05, 0) is 18.9 Å². The number of hydrogen-bond acceptors (Lipinski definition) is 6. The minimum absolute atomic E-state index is 0.127. The van der Waals surface area contributed by atoms with Crippen molar-refractivity contribution < 1.29 is 24.8 Å². The van der Waals surface area contributed by atoms with E-state index in [1.807, 2.05) is 54.6 Å². The number of hydrogen-bond donors (Lipinski definition) is 4. The molecule has 162 valence electrons. The minimum atomic E-state index is -1.02. The Morgan fingerprint density at radius 3 is 2.32 bits per heavy atom. The van der Waals surface area contributed by atoms with Crippen LogP contribution >= 0.6 is 0 Å². The Kier molecular flexibility index (Phi) is 7.47. The van der Waals surface area contributed by atoms with Crippen molar-refractivity contribution in [3.8, 4) is 0 Å². The smallest absolute Gasteiger partial charge is 0.252 e. The van der Waals surface area contributed by atoms with Crippen molar-refractivity contribution in [3.63, 3.8) is 0 Å². The van der Waals surface area contributed by atoms with E-state index in [9.17, 15) is 14.4 Å². The summed E-state index contributed by atoms with van der Waals surface area (Å²) in [6.07, 6.45) is 0.797. The van der Waals surface area contributed by atoms with Gasteiger partial charge in [0.15, 0.2) is 0 Å².